The Morgan fingerprint density at radius 2 is 1.87 bits per heavy atom. The summed E-state index contributed by atoms with van der Waals surface area (Å²) in [5.74, 6) is 0.579. The molecule has 0 bridgehead atoms. The van der Waals surface area contributed by atoms with Crippen molar-refractivity contribution in [1.29, 1.82) is 0 Å². The van der Waals surface area contributed by atoms with Gasteiger partial charge in [-0.3, -0.25) is 0 Å². The van der Waals surface area contributed by atoms with E-state index in [1.807, 2.05) is 43.3 Å². The number of hydrogen-bond donors (Lipinski definition) is 2. The standard InChI is InChI=1S/C18H21FN2OS/c1-2-22-17-8-4-3-7-16(17)21-18(23)20-13-5-6-14-9-11-15(19)12-10-14/h3-4,7-12H,2,5-6,13H2,1H3,(H2,20,21,23). The fourth-order valence-corrected chi connectivity index (χ4v) is 2.38. The van der Waals surface area contributed by atoms with E-state index in [1.54, 1.807) is 0 Å². The van der Waals surface area contributed by atoms with E-state index in [2.05, 4.69) is 10.6 Å². The van der Waals surface area contributed by atoms with E-state index in [1.165, 1.54) is 12.1 Å². The molecular formula is C18H21FN2OS. The third-order valence-corrected chi connectivity index (χ3v) is 3.52. The predicted octanol–water partition coefficient (Wildman–Crippen LogP) is 4.14. The van der Waals surface area contributed by atoms with Gasteiger partial charge in [0.05, 0.1) is 12.3 Å². The highest BCUT2D eigenvalue weighted by atomic mass is 32.1. The second-order valence-electron chi connectivity index (χ2n) is 5.04. The largest absolute Gasteiger partial charge is 0.492 e. The van der Waals surface area contributed by atoms with Crippen molar-refractivity contribution in [3.8, 4) is 5.75 Å². The van der Waals surface area contributed by atoms with Crippen LogP contribution < -0.4 is 15.4 Å². The molecule has 23 heavy (non-hydrogen) atoms. The van der Waals surface area contributed by atoms with Gasteiger partial charge in [-0.1, -0.05) is 24.3 Å². The molecule has 5 heteroatoms. The lowest BCUT2D eigenvalue weighted by Crippen LogP contribution is -2.29. The van der Waals surface area contributed by atoms with Crippen molar-refractivity contribution in [1.82, 2.24) is 5.32 Å². The van der Waals surface area contributed by atoms with Gasteiger partial charge in [-0.05, 0) is 61.8 Å². The molecule has 0 spiro atoms. The van der Waals surface area contributed by atoms with Gasteiger partial charge in [0.25, 0.3) is 0 Å². The van der Waals surface area contributed by atoms with E-state index in [0.717, 1.165) is 36.4 Å². The van der Waals surface area contributed by atoms with Gasteiger partial charge < -0.3 is 15.4 Å². The van der Waals surface area contributed by atoms with Crippen molar-refractivity contribution >= 4 is 23.0 Å². The number of benzene rings is 2. The Balaban J connectivity index is 1.74. The molecule has 0 saturated heterocycles. The highest BCUT2D eigenvalue weighted by Gasteiger charge is 2.04. The van der Waals surface area contributed by atoms with Crippen LogP contribution in [-0.2, 0) is 6.42 Å². The summed E-state index contributed by atoms with van der Waals surface area (Å²) in [6, 6.07) is 14.3. The lowest BCUT2D eigenvalue weighted by Gasteiger charge is -2.14. The Labute approximate surface area is 141 Å². The molecule has 2 N–H and O–H groups in total. The highest BCUT2D eigenvalue weighted by Crippen LogP contribution is 2.23. The Morgan fingerprint density at radius 3 is 2.61 bits per heavy atom. The van der Waals surface area contributed by atoms with Crippen LogP contribution in [0.15, 0.2) is 48.5 Å². The molecule has 2 aromatic carbocycles. The molecule has 122 valence electrons. The minimum absolute atomic E-state index is 0.204. The monoisotopic (exact) mass is 332 g/mol. The smallest absolute Gasteiger partial charge is 0.170 e. The highest BCUT2D eigenvalue weighted by molar-refractivity contribution is 7.80. The Bertz CT molecular complexity index is 631. The van der Waals surface area contributed by atoms with Crippen LogP contribution in [0.25, 0.3) is 0 Å². The molecular weight excluding hydrogens is 311 g/mol. The number of ether oxygens (including phenoxy) is 1. The van der Waals surface area contributed by atoms with Crippen LogP contribution in [0.4, 0.5) is 10.1 Å². The van der Waals surface area contributed by atoms with Gasteiger partial charge in [-0.15, -0.1) is 0 Å². The molecule has 0 radical (unpaired) electrons. The summed E-state index contributed by atoms with van der Waals surface area (Å²) >= 11 is 5.30. The first-order valence-electron chi connectivity index (χ1n) is 7.70. The quantitative estimate of drug-likeness (QED) is 0.590. The van der Waals surface area contributed by atoms with Gasteiger partial charge in [0.15, 0.2) is 5.11 Å². The van der Waals surface area contributed by atoms with Gasteiger partial charge in [0, 0.05) is 6.54 Å². The zero-order valence-electron chi connectivity index (χ0n) is 13.1. The van der Waals surface area contributed by atoms with Crippen molar-refractivity contribution in [2.75, 3.05) is 18.5 Å². The summed E-state index contributed by atoms with van der Waals surface area (Å²) in [5.41, 5.74) is 1.97. The Kier molecular flexibility index (Phi) is 6.81. The number of nitrogens with one attached hydrogen (secondary N) is 2. The van der Waals surface area contributed by atoms with Crippen molar-refractivity contribution < 1.29 is 9.13 Å². The third kappa shape index (κ3) is 5.87. The van der Waals surface area contributed by atoms with E-state index in [-0.39, 0.29) is 5.82 Å². The first-order chi connectivity index (χ1) is 11.2. The summed E-state index contributed by atoms with van der Waals surface area (Å²) in [7, 11) is 0. The van der Waals surface area contributed by atoms with Crippen LogP contribution in [0.3, 0.4) is 0 Å². The Morgan fingerprint density at radius 1 is 1.13 bits per heavy atom. The summed E-state index contributed by atoms with van der Waals surface area (Å²) in [5, 5.41) is 6.89. The van der Waals surface area contributed by atoms with Gasteiger partial charge in [-0.2, -0.15) is 0 Å². The molecule has 0 saturated carbocycles. The number of thiocarbonyl (C=S) groups is 1. The molecule has 3 nitrogen and oxygen atoms in total. The minimum Gasteiger partial charge on any atom is -0.492 e. The molecule has 0 aliphatic carbocycles. The van der Waals surface area contributed by atoms with Crippen molar-refractivity contribution in [3.63, 3.8) is 0 Å². The maximum atomic E-state index is 12.8. The van der Waals surface area contributed by atoms with Crippen LogP contribution in [0, 0.1) is 5.82 Å². The first kappa shape index (κ1) is 17.2. The summed E-state index contributed by atoms with van der Waals surface area (Å²) in [6.45, 7) is 3.30. The molecule has 0 aliphatic heterocycles. The number of halogens is 1. The van der Waals surface area contributed by atoms with E-state index in [4.69, 9.17) is 17.0 Å². The topological polar surface area (TPSA) is 33.3 Å². The number of hydrogen-bond acceptors (Lipinski definition) is 2. The van der Waals surface area contributed by atoms with Crippen molar-refractivity contribution in [2.45, 2.75) is 19.8 Å². The molecule has 0 fully saturated rings. The zero-order valence-corrected chi connectivity index (χ0v) is 14.0. The van der Waals surface area contributed by atoms with Crippen LogP contribution in [0.5, 0.6) is 5.75 Å². The molecule has 2 rings (SSSR count). The Hall–Kier alpha value is -2.14. The molecule has 0 unspecified atom stereocenters. The average molecular weight is 332 g/mol. The zero-order chi connectivity index (χ0) is 16.5. The maximum absolute atomic E-state index is 12.8. The van der Waals surface area contributed by atoms with Gasteiger partial charge in [0.1, 0.15) is 11.6 Å². The average Bonchev–Trinajstić information content (AvgIpc) is 2.55. The van der Waals surface area contributed by atoms with Crippen LogP contribution in [0.1, 0.15) is 18.9 Å². The van der Waals surface area contributed by atoms with Gasteiger partial charge in [0.2, 0.25) is 0 Å². The van der Waals surface area contributed by atoms with E-state index in [9.17, 15) is 4.39 Å². The van der Waals surface area contributed by atoms with E-state index in [0.29, 0.717) is 11.7 Å². The molecule has 0 heterocycles. The molecule has 0 atom stereocenters. The number of para-hydroxylation sites is 2. The van der Waals surface area contributed by atoms with Crippen LogP contribution in [-0.4, -0.2) is 18.3 Å². The normalized spacial score (nSPS) is 10.2. The number of anilines is 1. The minimum atomic E-state index is -0.204. The van der Waals surface area contributed by atoms with Gasteiger partial charge in [-0.25, -0.2) is 4.39 Å². The molecule has 2 aromatic rings. The fraction of sp³-hybridized carbons (Fsp3) is 0.278. The van der Waals surface area contributed by atoms with E-state index >= 15 is 0 Å². The maximum Gasteiger partial charge on any atom is 0.170 e. The number of rotatable bonds is 7. The molecule has 0 aromatic heterocycles. The summed E-state index contributed by atoms with van der Waals surface area (Å²) in [6.07, 6.45) is 1.80. The molecule has 0 aliphatic rings. The second-order valence-corrected chi connectivity index (χ2v) is 5.45. The second kappa shape index (κ2) is 9.10. The van der Waals surface area contributed by atoms with Crippen molar-refractivity contribution in [2.24, 2.45) is 0 Å². The SMILES string of the molecule is CCOc1ccccc1NC(=S)NCCCc1ccc(F)cc1. The van der Waals surface area contributed by atoms with Crippen LogP contribution in [0.2, 0.25) is 0 Å². The van der Waals surface area contributed by atoms with Gasteiger partial charge >= 0.3 is 0 Å². The lowest BCUT2D eigenvalue weighted by atomic mass is 10.1. The fourth-order valence-electron chi connectivity index (χ4n) is 2.16. The van der Waals surface area contributed by atoms with E-state index < -0.39 is 0 Å². The summed E-state index contributed by atoms with van der Waals surface area (Å²) < 4.78 is 18.4. The lowest BCUT2D eigenvalue weighted by molar-refractivity contribution is 0.342. The number of aryl methyl sites for hydroxylation is 1. The van der Waals surface area contributed by atoms with Crippen molar-refractivity contribution in [3.05, 3.63) is 59.9 Å². The predicted molar refractivity (Wildman–Crippen MR) is 96.6 cm³/mol. The third-order valence-electron chi connectivity index (χ3n) is 3.28. The van der Waals surface area contributed by atoms with Crippen LogP contribution >= 0.6 is 12.2 Å². The molecule has 0 amide bonds. The first-order valence-corrected chi connectivity index (χ1v) is 8.11. The summed E-state index contributed by atoms with van der Waals surface area (Å²) in [4.78, 5) is 0.